The first kappa shape index (κ1) is 14.5. The maximum Gasteiger partial charge on any atom is 0.306 e. The highest BCUT2D eigenvalue weighted by atomic mass is 35.5. The van der Waals surface area contributed by atoms with Crippen LogP contribution in [0.15, 0.2) is 24.3 Å². The molecule has 1 aromatic carbocycles. The van der Waals surface area contributed by atoms with Gasteiger partial charge in [-0.1, -0.05) is 0 Å². The van der Waals surface area contributed by atoms with Gasteiger partial charge in [-0.25, -0.2) is 0 Å². The van der Waals surface area contributed by atoms with Crippen LogP contribution in [-0.4, -0.2) is 28.8 Å². The number of carbonyl (C=O) groups is 1. The highest BCUT2D eigenvalue weighted by Gasteiger charge is 2.08. The van der Waals surface area contributed by atoms with Crippen LogP contribution in [0.25, 0.3) is 0 Å². The van der Waals surface area contributed by atoms with Crippen LogP contribution in [0.1, 0.15) is 6.42 Å². The van der Waals surface area contributed by atoms with E-state index >= 15 is 0 Å². The highest BCUT2D eigenvalue weighted by molar-refractivity contribution is 5.85. The normalized spacial score (nSPS) is 11.3. The lowest BCUT2D eigenvalue weighted by Crippen LogP contribution is -2.22. The molecule has 0 saturated heterocycles. The standard InChI is InChI=1S/C10H14N2O3.ClH/c11-7-1-3-8(4-2-7)12-6-9(13)5-10(14)15;/h1-4,9,12-13H,5-6,11H2,(H,14,15);1H. The third-order valence-electron chi connectivity index (χ3n) is 1.86. The quantitative estimate of drug-likeness (QED) is 0.580. The Balaban J connectivity index is 0.00000225. The molecular formula is C10H15ClN2O3. The Labute approximate surface area is 99.7 Å². The number of benzene rings is 1. The number of halogens is 1. The zero-order valence-electron chi connectivity index (χ0n) is 8.59. The fraction of sp³-hybridized carbons (Fsp3) is 0.300. The van der Waals surface area contributed by atoms with Gasteiger partial charge in [0, 0.05) is 17.9 Å². The topological polar surface area (TPSA) is 95.6 Å². The Morgan fingerprint density at radius 1 is 1.38 bits per heavy atom. The van der Waals surface area contributed by atoms with Gasteiger partial charge in [0.2, 0.25) is 0 Å². The molecule has 5 N–H and O–H groups in total. The van der Waals surface area contributed by atoms with Crippen molar-refractivity contribution in [2.24, 2.45) is 0 Å². The van der Waals surface area contributed by atoms with Crippen molar-refractivity contribution in [1.29, 1.82) is 0 Å². The average molecular weight is 247 g/mol. The number of nitrogens with two attached hydrogens (primary N) is 1. The number of aliphatic hydroxyl groups is 1. The van der Waals surface area contributed by atoms with Gasteiger partial charge in [0.25, 0.3) is 0 Å². The number of hydrogen-bond acceptors (Lipinski definition) is 4. The van der Waals surface area contributed by atoms with Crippen molar-refractivity contribution in [3.05, 3.63) is 24.3 Å². The maximum atomic E-state index is 10.3. The maximum absolute atomic E-state index is 10.3. The Morgan fingerprint density at radius 3 is 2.44 bits per heavy atom. The molecule has 0 saturated carbocycles. The van der Waals surface area contributed by atoms with E-state index in [0.29, 0.717) is 5.69 Å². The van der Waals surface area contributed by atoms with Crippen LogP contribution in [0.4, 0.5) is 11.4 Å². The van der Waals surface area contributed by atoms with Crippen LogP contribution in [-0.2, 0) is 4.79 Å². The largest absolute Gasteiger partial charge is 0.481 e. The molecule has 0 fully saturated rings. The van der Waals surface area contributed by atoms with Gasteiger partial charge >= 0.3 is 5.97 Å². The second kappa shape index (κ2) is 6.92. The van der Waals surface area contributed by atoms with Gasteiger partial charge in [0.15, 0.2) is 0 Å². The molecule has 0 aliphatic rings. The number of rotatable bonds is 5. The number of carboxylic acid groups (broad SMARTS) is 1. The van der Waals surface area contributed by atoms with Gasteiger partial charge in [-0.15, -0.1) is 12.4 Å². The van der Waals surface area contributed by atoms with Crippen molar-refractivity contribution in [2.75, 3.05) is 17.6 Å². The van der Waals surface area contributed by atoms with E-state index < -0.39 is 12.1 Å². The summed E-state index contributed by atoms with van der Waals surface area (Å²) in [5, 5.41) is 20.6. The molecule has 0 spiro atoms. The number of nitrogen functional groups attached to an aromatic ring is 1. The number of anilines is 2. The summed E-state index contributed by atoms with van der Waals surface area (Å²) >= 11 is 0. The van der Waals surface area contributed by atoms with Gasteiger partial charge in [-0.2, -0.15) is 0 Å². The lowest BCUT2D eigenvalue weighted by atomic mass is 10.2. The van der Waals surface area contributed by atoms with Gasteiger partial charge < -0.3 is 21.3 Å². The molecule has 0 aliphatic heterocycles. The predicted molar refractivity (Wildman–Crippen MR) is 64.9 cm³/mol. The summed E-state index contributed by atoms with van der Waals surface area (Å²) in [7, 11) is 0. The molecule has 1 atom stereocenters. The number of carboxylic acids is 1. The molecule has 0 radical (unpaired) electrons. The second-order valence-corrected chi connectivity index (χ2v) is 3.25. The van der Waals surface area contributed by atoms with Gasteiger partial charge in [0.1, 0.15) is 0 Å². The van der Waals surface area contributed by atoms with E-state index in [1.807, 2.05) is 0 Å². The van der Waals surface area contributed by atoms with Crippen LogP contribution < -0.4 is 11.1 Å². The summed E-state index contributed by atoms with van der Waals surface area (Å²) in [6.45, 7) is 0.205. The third-order valence-corrected chi connectivity index (χ3v) is 1.86. The first-order valence-corrected chi connectivity index (χ1v) is 4.57. The summed E-state index contributed by atoms with van der Waals surface area (Å²) < 4.78 is 0. The van der Waals surface area contributed by atoms with Gasteiger partial charge in [-0.05, 0) is 24.3 Å². The smallest absolute Gasteiger partial charge is 0.306 e. The van der Waals surface area contributed by atoms with Crippen molar-refractivity contribution in [3.8, 4) is 0 Å². The molecule has 6 heteroatoms. The van der Waals surface area contributed by atoms with Crippen LogP contribution in [0.2, 0.25) is 0 Å². The number of nitrogens with one attached hydrogen (secondary N) is 1. The minimum atomic E-state index is -1.01. The molecule has 90 valence electrons. The molecule has 0 aliphatic carbocycles. The Morgan fingerprint density at radius 2 is 1.94 bits per heavy atom. The SMILES string of the molecule is Cl.Nc1ccc(NCC(O)CC(=O)O)cc1. The summed E-state index contributed by atoms with van der Waals surface area (Å²) in [4.78, 5) is 10.3. The van der Waals surface area contributed by atoms with E-state index in [0.717, 1.165) is 5.69 Å². The van der Waals surface area contributed by atoms with E-state index in [2.05, 4.69) is 5.32 Å². The molecule has 0 amide bonds. The fourth-order valence-electron chi connectivity index (χ4n) is 1.11. The number of aliphatic carboxylic acids is 1. The van der Waals surface area contributed by atoms with E-state index in [4.69, 9.17) is 10.8 Å². The van der Waals surface area contributed by atoms with Crippen molar-refractivity contribution >= 4 is 29.8 Å². The fourth-order valence-corrected chi connectivity index (χ4v) is 1.11. The first-order valence-electron chi connectivity index (χ1n) is 4.57. The van der Waals surface area contributed by atoms with Crippen LogP contribution >= 0.6 is 12.4 Å². The van der Waals surface area contributed by atoms with Crippen molar-refractivity contribution < 1.29 is 15.0 Å². The molecule has 0 aromatic heterocycles. The zero-order valence-corrected chi connectivity index (χ0v) is 9.41. The summed E-state index contributed by atoms with van der Waals surface area (Å²) in [6, 6.07) is 6.99. The van der Waals surface area contributed by atoms with Crippen molar-refractivity contribution in [1.82, 2.24) is 0 Å². The Hall–Kier alpha value is -1.46. The Bertz CT molecular complexity index is 329. The van der Waals surface area contributed by atoms with Crippen molar-refractivity contribution in [2.45, 2.75) is 12.5 Å². The molecule has 1 aromatic rings. The highest BCUT2D eigenvalue weighted by Crippen LogP contribution is 2.10. The average Bonchev–Trinajstić information content (AvgIpc) is 2.16. The molecule has 0 heterocycles. The van der Waals surface area contributed by atoms with Crippen LogP contribution in [0.5, 0.6) is 0 Å². The minimum Gasteiger partial charge on any atom is -0.481 e. The van der Waals surface area contributed by atoms with Crippen LogP contribution in [0.3, 0.4) is 0 Å². The Kier molecular flexibility index (Phi) is 6.29. The summed E-state index contributed by atoms with van der Waals surface area (Å²) in [5.41, 5.74) is 6.95. The predicted octanol–water partition coefficient (Wildman–Crippen LogP) is 0.938. The zero-order chi connectivity index (χ0) is 11.3. The van der Waals surface area contributed by atoms with E-state index in [-0.39, 0.29) is 25.4 Å². The van der Waals surface area contributed by atoms with Gasteiger partial charge in [-0.3, -0.25) is 4.79 Å². The van der Waals surface area contributed by atoms with Crippen molar-refractivity contribution in [3.63, 3.8) is 0 Å². The molecule has 16 heavy (non-hydrogen) atoms. The monoisotopic (exact) mass is 246 g/mol. The van der Waals surface area contributed by atoms with E-state index in [1.165, 1.54) is 0 Å². The molecule has 1 unspecified atom stereocenters. The van der Waals surface area contributed by atoms with E-state index in [9.17, 15) is 9.90 Å². The second-order valence-electron chi connectivity index (χ2n) is 3.25. The van der Waals surface area contributed by atoms with Crippen LogP contribution in [0, 0.1) is 0 Å². The summed E-state index contributed by atoms with van der Waals surface area (Å²) in [5.74, 6) is -1.01. The minimum absolute atomic E-state index is 0. The number of aliphatic hydroxyl groups excluding tert-OH is 1. The molecular weight excluding hydrogens is 232 g/mol. The van der Waals surface area contributed by atoms with Gasteiger partial charge in [0.05, 0.1) is 12.5 Å². The van der Waals surface area contributed by atoms with E-state index in [1.54, 1.807) is 24.3 Å². The lowest BCUT2D eigenvalue weighted by Gasteiger charge is -2.10. The number of hydrogen-bond donors (Lipinski definition) is 4. The third kappa shape index (κ3) is 5.43. The molecule has 5 nitrogen and oxygen atoms in total. The first-order chi connectivity index (χ1) is 7.08. The molecule has 1 rings (SSSR count). The summed E-state index contributed by atoms with van der Waals surface area (Å²) in [6.07, 6.45) is -1.15. The lowest BCUT2D eigenvalue weighted by molar-refractivity contribution is -0.138. The molecule has 0 bridgehead atoms.